The molecule has 0 aromatic carbocycles. The second-order valence-corrected chi connectivity index (χ2v) is 6.56. The fraction of sp³-hybridized carbons (Fsp3) is 1.00. The minimum atomic E-state index is -0.310. The SMILES string of the molecule is CCCC[C@@]1(O)C[C@H]2C[C@@H]1[C@H](C)C2(C)C. The lowest BCUT2D eigenvalue weighted by molar-refractivity contribution is -0.0740. The molecule has 2 saturated carbocycles. The first kappa shape index (κ1) is 11.4. The van der Waals surface area contributed by atoms with Crippen LogP contribution in [0.5, 0.6) is 0 Å². The van der Waals surface area contributed by atoms with Gasteiger partial charge in [-0.2, -0.15) is 0 Å². The molecule has 2 fully saturated rings. The number of fused-ring (bicyclic) bond motifs is 2. The van der Waals surface area contributed by atoms with E-state index in [2.05, 4.69) is 27.7 Å². The van der Waals surface area contributed by atoms with Crippen molar-refractivity contribution in [2.24, 2.45) is 23.2 Å². The summed E-state index contributed by atoms with van der Waals surface area (Å²) in [4.78, 5) is 0. The molecule has 2 aliphatic carbocycles. The average Bonchev–Trinajstić information content (AvgIpc) is 2.61. The molecule has 2 aliphatic rings. The zero-order valence-corrected chi connectivity index (χ0v) is 10.7. The van der Waals surface area contributed by atoms with Crippen molar-refractivity contribution in [3.63, 3.8) is 0 Å². The molecule has 88 valence electrons. The van der Waals surface area contributed by atoms with E-state index in [9.17, 15) is 5.11 Å². The average molecular weight is 210 g/mol. The second kappa shape index (κ2) is 3.48. The van der Waals surface area contributed by atoms with E-state index < -0.39 is 0 Å². The number of unbranched alkanes of at least 4 members (excludes halogenated alkanes) is 1. The highest BCUT2D eigenvalue weighted by molar-refractivity contribution is 5.10. The topological polar surface area (TPSA) is 20.2 Å². The van der Waals surface area contributed by atoms with Gasteiger partial charge in [0.2, 0.25) is 0 Å². The minimum Gasteiger partial charge on any atom is -0.390 e. The van der Waals surface area contributed by atoms with E-state index in [4.69, 9.17) is 0 Å². The van der Waals surface area contributed by atoms with Gasteiger partial charge in [0.05, 0.1) is 5.60 Å². The molecule has 1 nitrogen and oxygen atoms in total. The Balaban J connectivity index is 2.10. The van der Waals surface area contributed by atoms with Gasteiger partial charge >= 0.3 is 0 Å². The van der Waals surface area contributed by atoms with Gasteiger partial charge < -0.3 is 5.11 Å². The van der Waals surface area contributed by atoms with Crippen LogP contribution >= 0.6 is 0 Å². The first-order chi connectivity index (χ1) is 6.92. The lowest BCUT2D eigenvalue weighted by atomic mass is 9.63. The van der Waals surface area contributed by atoms with Crippen LogP contribution in [-0.4, -0.2) is 10.7 Å². The molecule has 0 amide bonds. The van der Waals surface area contributed by atoms with Crippen molar-refractivity contribution in [3.05, 3.63) is 0 Å². The Morgan fingerprint density at radius 2 is 2.00 bits per heavy atom. The van der Waals surface area contributed by atoms with Gasteiger partial charge in [0.25, 0.3) is 0 Å². The molecule has 0 spiro atoms. The highest BCUT2D eigenvalue weighted by Gasteiger charge is 2.60. The fourth-order valence-corrected chi connectivity index (χ4v) is 4.08. The van der Waals surface area contributed by atoms with Gasteiger partial charge in [-0.15, -0.1) is 0 Å². The van der Waals surface area contributed by atoms with E-state index in [1.54, 1.807) is 0 Å². The van der Waals surface area contributed by atoms with Gasteiger partial charge in [0.1, 0.15) is 0 Å². The molecule has 2 rings (SSSR count). The van der Waals surface area contributed by atoms with Crippen LogP contribution in [-0.2, 0) is 0 Å². The largest absolute Gasteiger partial charge is 0.390 e. The van der Waals surface area contributed by atoms with E-state index in [0.29, 0.717) is 17.3 Å². The molecule has 0 heterocycles. The minimum absolute atomic E-state index is 0.310. The highest BCUT2D eigenvalue weighted by atomic mass is 16.3. The molecule has 1 heteroatoms. The maximum Gasteiger partial charge on any atom is 0.0681 e. The van der Waals surface area contributed by atoms with Gasteiger partial charge in [-0.3, -0.25) is 0 Å². The summed E-state index contributed by atoms with van der Waals surface area (Å²) in [5, 5.41) is 10.7. The molecule has 0 unspecified atom stereocenters. The zero-order valence-electron chi connectivity index (χ0n) is 10.7. The standard InChI is InChI=1S/C14H26O/c1-5-6-7-14(15)9-11-8-12(14)10(2)13(11,3)4/h10-12,15H,5-9H2,1-4H3/t10-,11+,12+,14+/m0/s1. The summed E-state index contributed by atoms with van der Waals surface area (Å²) in [5.41, 5.74) is 0.152. The van der Waals surface area contributed by atoms with Gasteiger partial charge in [-0.05, 0) is 42.4 Å². The molecular weight excluding hydrogens is 184 g/mol. The maximum atomic E-state index is 10.7. The number of aliphatic hydroxyl groups is 1. The van der Waals surface area contributed by atoms with Gasteiger partial charge in [0, 0.05) is 0 Å². The predicted molar refractivity (Wildman–Crippen MR) is 63.6 cm³/mol. The summed E-state index contributed by atoms with van der Waals surface area (Å²) in [6, 6.07) is 0. The van der Waals surface area contributed by atoms with Crippen LogP contribution in [0.15, 0.2) is 0 Å². The van der Waals surface area contributed by atoms with Crippen LogP contribution in [0.4, 0.5) is 0 Å². The number of hydrogen-bond acceptors (Lipinski definition) is 1. The summed E-state index contributed by atoms with van der Waals surface area (Å²) in [6.07, 6.45) is 5.76. The molecule has 4 atom stereocenters. The Hall–Kier alpha value is -0.0400. The molecule has 0 aliphatic heterocycles. The highest BCUT2D eigenvalue weighted by Crippen LogP contribution is 2.63. The summed E-state index contributed by atoms with van der Waals surface area (Å²) in [6.45, 7) is 9.34. The Morgan fingerprint density at radius 3 is 2.47 bits per heavy atom. The fourth-order valence-electron chi connectivity index (χ4n) is 4.08. The molecule has 15 heavy (non-hydrogen) atoms. The summed E-state index contributed by atoms with van der Waals surface area (Å²) < 4.78 is 0. The maximum absolute atomic E-state index is 10.7. The smallest absolute Gasteiger partial charge is 0.0681 e. The first-order valence-electron chi connectivity index (χ1n) is 6.64. The molecule has 0 aromatic rings. The molecule has 0 aromatic heterocycles. The Bertz CT molecular complexity index is 242. The molecule has 2 bridgehead atoms. The van der Waals surface area contributed by atoms with Crippen molar-refractivity contribution < 1.29 is 5.11 Å². The summed E-state index contributed by atoms with van der Waals surface area (Å²) in [5.74, 6) is 2.03. The third-order valence-electron chi connectivity index (χ3n) is 5.62. The lowest BCUT2D eigenvalue weighted by Gasteiger charge is -2.44. The van der Waals surface area contributed by atoms with Crippen LogP contribution in [0.25, 0.3) is 0 Å². The first-order valence-corrected chi connectivity index (χ1v) is 6.64. The zero-order chi connectivity index (χ0) is 11.3. The third-order valence-corrected chi connectivity index (χ3v) is 5.62. The van der Waals surface area contributed by atoms with Crippen LogP contribution in [0, 0.1) is 23.2 Å². The van der Waals surface area contributed by atoms with Crippen molar-refractivity contribution in [3.8, 4) is 0 Å². The van der Waals surface area contributed by atoms with E-state index in [-0.39, 0.29) is 5.60 Å². The Labute approximate surface area is 94.3 Å². The van der Waals surface area contributed by atoms with Crippen molar-refractivity contribution in [2.45, 2.75) is 65.4 Å². The van der Waals surface area contributed by atoms with Crippen molar-refractivity contribution >= 4 is 0 Å². The molecule has 1 N–H and O–H groups in total. The summed E-state index contributed by atoms with van der Waals surface area (Å²) in [7, 11) is 0. The van der Waals surface area contributed by atoms with Gasteiger partial charge in [-0.1, -0.05) is 40.5 Å². The van der Waals surface area contributed by atoms with Crippen molar-refractivity contribution in [1.29, 1.82) is 0 Å². The monoisotopic (exact) mass is 210 g/mol. The van der Waals surface area contributed by atoms with Crippen LogP contribution in [0.2, 0.25) is 0 Å². The Morgan fingerprint density at radius 1 is 1.33 bits per heavy atom. The van der Waals surface area contributed by atoms with Crippen molar-refractivity contribution in [1.82, 2.24) is 0 Å². The van der Waals surface area contributed by atoms with Gasteiger partial charge in [0.15, 0.2) is 0 Å². The number of hydrogen-bond donors (Lipinski definition) is 1. The lowest BCUT2D eigenvalue weighted by Crippen LogP contribution is -2.44. The van der Waals surface area contributed by atoms with Gasteiger partial charge in [-0.25, -0.2) is 0 Å². The van der Waals surface area contributed by atoms with Crippen molar-refractivity contribution in [2.75, 3.05) is 0 Å². The molecule has 0 radical (unpaired) electrons. The summed E-state index contributed by atoms with van der Waals surface area (Å²) >= 11 is 0. The Kier molecular flexibility index (Phi) is 2.65. The normalized spacial score (nSPS) is 47.4. The van der Waals surface area contributed by atoms with E-state index in [1.807, 2.05) is 0 Å². The molecule has 0 saturated heterocycles. The quantitative estimate of drug-likeness (QED) is 0.754. The van der Waals surface area contributed by atoms with E-state index in [1.165, 1.54) is 19.3 Å². The van der Waals surface area contributed by atoms with E-state index in [0.717, 1.165) is 18.8 Å². The predicted octanol–water partition coefficient (Wildman–Crippen LogP) is 3.61. The van der Waals surface area contributed by atoms with E-state index >= 15 is 0 Å². The van der Waals surface area contributed by atoms with Crippen LogP contribution in [0.3, 0.4) is 0 Å². The third kappa shape index (κ3) is 1.54. The van der Waals surface area contributed by atoms with Crippen LogP contribution in [0.1, 0.15) is 59.8 Å². The van der Waals surface area contributed by atoms with Crippen LogP contribution < -0.4 is 0 Å². The second-order valence-electron chi connectivity index (χ2n) is 6.56. The molecular formula is C14H26O. The number of rotatable bonds is 3.